The van der Waals surface area contributed by atoms with Crippen molar-refractivity contribution in [3.05, 3.63) is 59.7 Å². The van der Waals surface area contributed by atoms with Gasteiger partial charge >= 0.3 is 0 Å². The summed E-state index contributed by atoms with van der Waals surface area (Å²) in [5, 5.41) is 3.46. The van der Waals surface area contributed by atoms with E-state index < -0.39 is 0 Å². The molecule has 1 aliphatic heterocycles. The molecular formula is C15H15FN2O. The normalized spacial score (nSPS) is 18.7. The van der Waals surface area contributed by atoms with Crippen LogP contribution in [0.5, 0.6) is 5.75 Å². The Bertz CT molecular complexity index is 571. The molecule has 3 nitrogen and oxygen atoms in total. The van der Waals surface area contributed by atoms with Crippen molar-refractivity contribution in [2.24, 2.45) is 0 Å². The number of nitrogens with zero attached hydrogens (tertiary/aromatic N) is 1. The Labute approximate surface area is 111 Å². The summed E-state index contributed by atoms with van der Waals surface area (Å²) < 4.78 is 18.5. The Morgan fingerprint density at radius 1 is 1.32 bits per heavy atom. The van der Waals surface area contributed by atoms with Gasteiger partial charge in [-0.1, -0.05) is 18.2 Å². The van der Waals surface area contributed by atoms with Crippen LogP contribution in [0.3, 0.4) is 0 Å². The SMILES string of the molecule is CC(NC1COc2ccccc21)c1ccc(F)cn1. The molecule has 4 heteroatoms. The maximum atomic E-state index is 12.8. The Morgan fingerprint density at radius 2 is 2.16 bits per heavy atom. The topological polar surface area (TPSA) is 34.1 Å². The predicted molar refractivity (Wildman–Crippen MR) is 70.4 cm³/mol. The highest BCUT2D eigenvalue weighted by molar-refractivity contribution is 5.39. The third kappa shape index (κ3) is 2.44. The highest BCUT2D eigenvalue weighted by Crippen LogP contribution is 2.33. The average molecular weight is 258 g/mol. The number of hydrogen-bond acceptors (Lipinski definition) is 3. The second-order valence-corrected chi connectivity index (χ2v) is 4.69. The van der Waals surface area contributed by atoms with E-state index in [4.69, 9.17) is 4.74 Å². The van der Waals surface area contributed by atoms with Crippen LogP contribution in [0.1, 0.15) is 30.3 Å². The second-order valence-electron chi connectivity index (χ2n) is 4.69. The van der Waals surface area contributed by atoms with Crippen molar-refractivity contribution in [1.82, 2.24) is 10.3 Å². The quantitative estimate of drug-likeness (QED) is 0.919. The fourth-order valence-electron chi connectivity index (χ4n) is 2.33. The van der Waals surface area contributed by atoms with E-state index in [2.05, 4.69) is 16.4 Å². The number of pyridine rings is 1. The van der Waals surface area contributed by atoms with Gasteiger partial charge in [0.05, 0.1) is 17.9 Å². The number of rotatable bonds is 3. The molecule has 1 aromatic heterocycles. The van der Waals surface area contributed by atoms with Gasteiger partial charge in [-0.3, -0.25) is 10.3 Å². The molecule has 19 heavy (non-hydrogen) atoms. The summed E-state index contributed by atoms with van der Waals surface area (Å²) in [5.41, 5.74) is 1.99. The first-order valence-electron chi connectivity index (χ1n) is 6.33. The molecule has 0 fully saturated rings. The van der Waals surface area contributed by atoms with Crippen molar-refractivity contribution < 1.29 is 9.13 Å². The first-order valence-corrected chi connectivity index (χ1v) is 6.33. The average Bonchev–Trinajstić information content (AvgIpc) is 2.83. The summed E-state index contributed by atoms with van der Waals surface area (Å²) in [6.45, 7) is 2.63. The summed E-state index contributed by atoms with van der Waals surface area (Å²) in [6.07, 6.45) is 1.24. The Morgan fingerprint density at radius 3 is 2.95 bits per heavy atom. The van der Waals surface area contributed by atoms with Crippen molar-refractivity contribution in [2.75, 3.05) is 6.61 Å². The Kier molecular flexibility index (Phi) is 3.17. The van der Waals surface area contributed by atoms with E-state index in [1.54, 1.807) is 6.07 Å². The Balaban J connectivity index is 1.74. The summed E-state index contributed by atoms with van der Waals surface area (Å²) in [7, 11) is 0. The molecule has 3 rings (SSSR count). The lowest BCUT2D eigenvalue weighted by molar-refractivity contribution is 0.300. The molecule has 98 valence electrons. The maximum absolute atomic E-state index is 12.8. The number of para-hydroxylation sites is 1. The number of aromatic nitrogens is 1. The van der Waals surface area contributed by atoms with Crippen LogP contribution in [0, 0.1) is 5.82 Å². The van der Waals surface area contributed by atoms with Crippen LogP contribution >= 0.6 is 0 Å². The minimum atomic E-state index is -0.314. The van der Waals surface area contributed by atoms with Gasteiger partial charge in [0.2, 0.25) is 0 Å². The van der Waals surface area contributed by atoms with E-state index in [9.17, 15) is 4.39 Å². The molecule has 2 atom stereocenters. The summed E-state index contributed by atoms with van der Waals surface area (Å²) in [6, 6.07) is 11.3. The molecule has 0 bridgehead atoms. The lowest BCUT2D eigenvalue weighted by atomic mass is 10.1. The van der Waals surface area contributed by atoms with Crippen molar-refractivity contribution in [1.29, 1.82) is 0 Å². The van der Waals surface area contributed by atoms with E-state index in [0.717, 1.165) is 17.0 Å². The van der Waals surface area contributed by atoms with Crippen LogP contribution in [-0.2, 0) is 0 Å². The highest BCUT2D eigenvalue weighted by Gasteiger charge is 2.25. The predicted octanol–water partition coefficient (Wildman–Crippen LogP) is 3.01. The number of nitrogens with one attached hydrogen (secondary N) is 1. The molecule has 2 aromatic rings. The lowest BCUT2D eigenvalue weighted by Crippen LogP contribution is -2.26. The van der Waals surface area contributed by atoms with Gasteiger partial charge in [0.15, 0.2) is 0 Å². The van der Waals surface area contributed by atoms with Gasteiger partial charge in [-0.05, 0) is 25.1 Å². The fourth-order valence-corrected chi connectivity index (χ4v) is 2.33. The van der Waals surface area contributed by atoms with Gasteiger partial charge in [0, 0.05) is 11.6 Å². The first kappa shape index (κ1) is 12.1. The number of fused-ring (bicyclic) bond motifs is 1. The van der Waals surface area contributed by atoms with Gasteiger partial charge in [0.1, 0.15) is 18.2 Å². The number of benzene rings is 1. The number of ether oxygens (including phenoxy) is 1. The van der Waals surface area contributed by atoms with Crippen LogP contribution in [0.15, 0.2) is 42.6 Å². The number of halogens is 1. The maximum Gasteiger partial charge on any atom is 0.141 e. The molecule has 1 aromatic carbocycles. The third-order valence-electron chi connectivity index (χ3n) is 3.35. The minimum Gasteiger partial charge on any atom is -0.491 e. The molecule has 2 unspecified atom stereocenters. The zero-order valence-corrected chi connectivity index (χ0v) is 10.6. The molecule has 0 amide bonds. The lowest BCUT2D eigenvalue weighted by Gasteiger charge is -2.18. The molecule has 0 spiro atoms. The largest absolute Gasteiger partial charge is 0.491 e. The fraction of sp³-hybridized carbons (Fsp3) is 0.267. The zero-order chi connectivity index (χ0) is 13.2. The minimum absolute atomic E-state index is 0.0420. The third-order valence-corrected chi connectivity index (χ3v) is 3.35. The molecule has 1 aliphatic rings. The Hall–Kier alpha value is -1.94. The zero-order valence-electron chi connectivity index (χ0n) is 10.6. The molecule has 1 N–H and O–H groups in total. The van der Waals surface area contributed by atoms with E-state index in [1.165, 1.54) is 12.3 Å². The van der Waals surface area contributed by atoms with E-state index in [1.807, 2.05) is 25.1 Å². The van der Waals surface area contributed by atoms with Gasteiger partial charge in [-0.15, -0.1) is 0 Å². The van der Waals surface area contributed by atoms with Gasteiger partial charge in [-0.25, -0.2) is 4.39 Å². The van der Waals surface area contributed by atoms with Crippen LogP contribution in [0.25, 0.3) is 0 Å². The molecule has 2 heterocycles. The molecular weight excluding hydrogens is 243 g/mol. The van der Waals surface area contributed by atoms with Gasteiger partial charge in [0.25, 0.3) is 0 Å². The summed E-state index contributed by atoms with van der Waals surface area (Å²) in [5.74, 6) is 0.616. The molecule has 0 saturated carbocycles. The van der Waals surface area contributed by atoms with Crippen molar-refractivity contribution >= 4 is 0 Å². The van der Waals surface area contributed by atoms with Crippen LogP contribution in [-0.4, -0.2) is 11.6 Å². The smallest absolute Gasteiger partial charge is 0.141 e. The van der Waals surface area contributed by atoms with E-state index in [-0.39, 0.29) is 17.9 Å². The van der Waals surface area contributed by atoms with Crippen molar-refractivity contribution in [3.8, 4) is 5.75 Å². The van der Waals surface area contributed by atoms with Crippen LogP contribution < -0.4 is 10.1 Å². The molecule has 0 aliphatic carbocycles. The van der Waals surface area contributed by atoms with E-state index >= 15 is 0 Å². The summed E-state index contributed by atoms with van der Waals surface area (Å²) >= 11 is 0. The van der Waals surface area contributed by atoms with Crippen molar-refractivity contribution in [2.45, 2.75) is 19.0 Å². The van der Waals surface area contributed by atoms with Gasteiger partial charge < -0.3 is 4.74 Å². The highest BCUT2D eigenvalue weighted by atomic mass is 19.1. The second kappa shape index (κ2) is 4.97. The molecule has 0 radical (unpaired) electrons. The summed E-state index contributed by atoms with van der Waals surface area (Å²) in [4.78, 5) is 4.10. The van der Waals surface area contributed by atoms with Crippen LogP contribution in [0.4, 0.5) is 4.39 Å². The van der Waals surface area contributed by atoms with E-state index in [0.29, 0.717) is 6.61 Å². The van der Waals surface area contributed by atoms with Crippen LogP contribution in [0.2, 0.25) is 0 Å². The number of hydrogen-bond donors (Lipinski definition) is 1. The first-order chi connectivity index (χ1) is 9.24. The monoisotopic (exact) mass is 258 g/mol. The van der Waals surface area contributed by atoms with Gasteiger partial charge in [-0.2, -0.15) is 0 Å². The standard InChI is InChI=1S/C15H15FN2O/c1-10(13-7-6-11(16)8-17-13)18-14-9-19-15-5-3-2-4-12(14)15/h2-8,10,14,18H,9H2,1H3. The van der Waals surface area contributed by atoms with Crippen molar-refractivity contribution in [3.63, 3.8) is 0 Å². The molecule has 0 saturated heterocycles.